The van der Waals surface area contributed by atoms with Gasteiger partial charge in [-0.05, 0) is 43.1 Å². The summed E-state index contributed by atoms with van der Waals surface area (Å²) in [5.74, 6) is 1.18. The Balaban J connectivity index is 1.89. The molecule has 0 saturated heterocycles. The van der Waals surface area contributed by atoms with E-state index in [1.165, 1.54) is 11.1 Å². The Labute approximate surface area is 150 Å². The maximum Gasteiger partial charge on any atom is 0.238 e. The van der Waals surface area contributed by atoms with E-state index < -0.39 is 0 Å². The average molecular weight is 340 g/mol. The molecule has 2 aromatic rings. The van der Waals surface area contributed by atoms with Crippen LogP contribution in [-0.2, 0) is 11.3 Å². The number of nitrogens with one attached hydrogen (secondary N) is 1. The van der Waals surface area contributed by atoms with Crippen molar-refractivity contribution < 1.29 is 9.53 Å². The second-order valence-corrected chi connectivity index (χ2v) is 6.55. The fourth-order valence-electron chi connectivity index (χ4n) is 2.66. The van der Waals surface area contributed by atoms with Gasteiger partial charge in [0.25, 0.3) is 0 Å². The van der Waals surface area contributed by atoms with Gasteiger partial charge in [-0.15, -0.1) is 0 Å². The van der Waals surface area contributed by atoms with Crippen LogP contribution in [0.25, 0.3) is 0 Å². The molecule has 4 heteroatoms. The average Bonchev–Trinajstić information content (AvgIpc) is 2.57. The number of anilines is 1. The zero-order valence-corrected chi connectivity index (χ0v) is 15.6. The quantitative estimate of drug-likeness (QED) is 0.780. The molecule has 0 saturated carbocycles. The van der Waals surface area contributed by atoms with E-state index in [-0.39, 0.29) is 5.91 Å². The summed E-state index contributed by atoms with van der Waals surface area (Å²) in [6, 6.07) is 16.1. The second-order valence-electron chi connectivity index (χ2n) is 6.55. The largest absolute Gasteiger partial charge is 0.492 e. The molecule has 134 valence electrons. The first-order chi connectivity index (χ1) is 12.0. The fraction of sp³-hybridized carbons (Fsp3) is 0.381. The number of para-hydroxylation sites is 2. The number of amides is 1. The van der Waals surface area contributed by atoms with Gasteiger partial charge >= 0.3 is 0 Å². The molecule has 0 atom stereocenters. The van der Waals surface area contributed by atoms with Crippen LogP contribution < -0.4 is 10.1 Å². The smallest absolute Gasteiger partial charge is 0.238 e. The summed E-state index contributed by atoms with van der Waals surface area (Å²) in [5.41, 5.74) is 3.25. The number of hydrogen-bond acceptors (Lipinski definition) is 3. The number of carbonyl (C=O) groups is 1. The van der Waals surface area contributed by atoms with Crippen molar-refractivity contribution >= 4 is 11.6 Å². The molecule has 2 rings (SSSR count). The van der Waals surface area contributed by atoms with Crippen molar-refractivity contribution in [1.82, 2.24) is 4.90 Å². The molecule has 0 heterocycles. The Morgan fingerprint density at radius 3 is 2.44 bits per heavy atom. The van der Waals surface area contributed by atoms with Crippen LogP contribution in [0.1, 0.15) is 37.8 Å². The fourth-order valence-corrected chi connectivity index (χ4v) is 2.66. The van der Waals surface area contributed by atoms with Gasteiger partial charge in [0.05, 0.1) is 18.8 Å². The highest BCUT2D eigenvalue weighted by Crippen LogP contribution is 2.23. The lowest BCUT2D eigenvalue weighted by molar-refractivity contribution is -0.117. The molecule has 1 N–H and O–H groups in total. The molecule has 4 nitrogen and oxygen atoms in total. The predicted octanol–water partition coefficient (Wildman–Crippen LogP) is 4.28. The van der Waals surface area contributed by atoms with Gasteiger partial charge in [-0.2, -0.15) is 0 Å². The lowest BCUT2D eigenvalue weighted by Crippen LogP contribution is -2.30. The van der Waals surface area contributed by atoms with Gasteiger partial charge in [0.2, 0.25) is 5.91 Å². The first-order valence-corrected chi connectivity index (χ1v) is 8.78. The van der Waals surface area contributed by atoms with Crippen molar-refractivity contribution in [1.29, 1.82) is 0 Å². The van der Waals surface area contributed by atoms with E-state index in [0.717, 1.165) is 6.54 Å². The van der Waals surface area contributed by atoms with Crippen molar-refractivity contribution in [3.05, 3.63) is 59.7 Å². The Bertz CT molecular complexity index is 681. The standard InChI is InChI=1S/C21H28N2O2/c1-5-25-20-9-7-6-8-19(20)22-21(24)15-23(4)14-17-10-12-18(13-11-17)16(2)3/h6-13,16H,5,14-15H2,1-4H3,(H,22,24). The molecule has 1 amide bonds. The minimum absolute atomic E-state index is 0.0477. The minimum Gasteiger partial charge on any atom is -0.492 e. The SMILES string of the molecule is CCOc1ccccc1NC(=O)CN(C)Cc1ccc(C(C)C)cc1. The van der Waals surface area contributed by atoms with Gasteiger partial charge in [0.15, 0.2) is 0 Å². The molecule has 0 radical (unpaired) electrons. The topological polar surface area (TPSA) is 41.6 Å². The van der Waals surface area contributed by atoms with Crippen LogP contribution in [-0.4, -0.2) is 31.0 Å². The van der Waals surface area contributed by atoms with E-state index in [4.69, 9.17) is 4.74 Å². The van der Waals surface area contributed by atoms with Crippen LogP contribution in [0.15, 0.2) is 48.5 Å². The van der Waals surface area contributed by atoms with Gasteiger partial charge in [-0.1, -0.05) is 50.2 Å². The van der Waals surface area contributed by atoms with Crippen LogP contribution in [0.3, 0.4) is 0 Å². The third-order valence-electron chi connectivity index (χ3n) is 3.97. The van der Waals surface area contributed by atoms with Crippen molar-refractivity contribution in [2.75, 3.05) is 25.5 Å². The maximum atomic E-state index is 12.3. The van der Waals surface area contributed by atoms with Gasteiger partial charge < -0.3 is 10.1 Å². The Morgan fingerprint density at radius 1 is 1.12 bits per heavy atom. The normalized spacial score (nSPS) is 11.0. The van der Waals surface area contributed by atoms with Crippen LogP contribution in [0.4, 0.5) is 5.69 Å². The van der Waals surface area contributed by atoms with Crippen LogP contribution in [0.2, 0.25) is 0 Å². The highest BCUT2D eigenvalue weighted by molar-refractivity contribution is 5.93. The number of rotatable bonds is 8. The predicted molar refractivity (Wildman–Crippen MR) is 103 cm³/mol. The zero-order valence-electron chi connectivity index (χ0n) is 15.6. The van der Waals surface area contributed by atoms with Crippen LogP contribution >= 0.6 is 0 Å². The van der Waals surface area contributed by atoms with Crippen molar-refractivity contribution in [3.63, 3.8) is 0 Å². The summed E-state index contributed by atoms with van der Waals surface area (Å²) in [6.07, 6.45) is 0. The van der Waals surface area contributed by atoms with Crippen molar-refractivity contribution in [2.24, 2.45) is 0 Å². The third kappa shape index (κ3) is 5.91. The molecule has 0 aliphatic rings. The van der Waals surface area contributed by atoms with Gasteiger partial charge in [0, 0.05) is 6.54 Å². The van der Waals surface area contributed by atoms with Crippen LogP contribution in [0, 0.1) is 0 Å². The summed E-state index contributed by atoms with van der Waals surface area (Å²) >= 11 is 0. The molecule has 25 heavy (non-hydrogen) atoms. The minimum atomic E-state index is -0.0477. The molecule has 0 spiro atoms. The summed E-state index contributed by atoms with van der Waals surface area (Å²) in [5, 5.41) is 2.93. The van der Waals surface area contributed by atoms with E-state index in [0.29, 0.717) is 30.5 Å². The van der Waals surface area contributed by atoms with Crippen molar-refractivity contribution in [2.45, 2.75) is 33.2 Å². The Morgan fingerprint density at radius 2 is 1.80 bits per heavy atom. The zero-order chi connectivity index (χ0) is 18.2. The Hall–Kier alpha value is -2.33. The first-order valence-electron chi connectivity index (χ1n) is 8.78. The number of carbonyl (C=O) groups excluding carboxylic acids is 1. The molecule has 0 bridgehead atoms. The number of nitrogens with zero attached hydrogens (tertiary/aromatic N) is 1. The summed E-state index contributed by atoms with van der Waals surface area (Å²) in [6.45, 7) is 7.93. The number of likely N-dealkylation sites (N-methyl/N-ethyl adjacent to an activating group) is 1. The molecule has 0 fully saturated rings. The molecule has 0 aliphatic carbocycles. The molecular weight excluding hydrogens is 312 g/mol. The van der Waals surface area contributed by atoms with Crippen LogP contribution in [0.5, 0.6) is 5.75 Å². The van der Waals surface area contributed by atoms with Crippen molar-refractivity contribution in [3.8, 4) is 5.75 Å². The van der Waals surface area contributed by atoms with E-state index in [9.17, 15) is 4.79 Å². The number of benzene rings is 2. The summed E-state index contributed by atoms with van der Waals surface area (Å²) in [7, 11) is 1.95. The summed E-state index contributed by atoms with van der Waals surface area (Å²) < 4.78 is 5.54. The lowest BCUT2D eigenvalue weighted by atomic mass is 10.0. The Kier molecular flexibility index (Phi) is 7.02. The van der Waals surface area contributed by atoms with E-state index in [1.807, 2.05) is 43.1 Å². The van der Waals surface area contributed by atoms with Gasteiger partial charge in [-0.25, -0.2) is 0 Å². The molecule has 2 aromatic carbocycles. The monoisotopic (exact) mass is 340 g/mol. The molecule has 0 unspecified atom stereocenters. The summed E-state index contributed by atoms with van der Waals surface area (Å²) in [4.78, 5) is 14.3. The van der Waals surface area contributed by atoms with Gasteiger partial charge in [-0.3, -0.25) is 9.69 Å². The lowest BCUT2D eigenvalue weighted by Gasteiger charge is -2.18. The van der Waals surface area contributed by atoms with E-state index in [1.54, 1.807) is 0 Å². The highest BCUT2D eigenvalue weighted by Gasteiger charge is 2.10. The maximum absolute atomic E-state index is 12.3. The van der Waals surface area contributed by atoms with E-state index in [2.05, 4.69) is 43.4 Å². The molecule has 0 aromatic heterocycles. The first kappa shape index (κ1) is 19.0. The van der Waals surface area contributed by atoms with E-state index >= 15 is 0 Å². The third-order valence-corrected chi connectivity index (χ3v) is 3.97. The van der Waals surface area contributed by atoms with Gasteiger partial charge in [0.1, 0.15) is 5.75 Å². The highest BCUT2D eigenvalue weighted by atomic mass is 16.5. The second kappa shape index (κ2) is 9.23. The molecule has 0 aliphatic heterocycles. The number of hydrogen-bond donors (Lipinski definition) is 1. The molecular formula is C21H28N2O2. The number of ether oxygens (including phenoxy) is 1.